The second-order valence-corrected chi connectivity index (χ2v) is 9.53. The molecule has 0 amide bonds. The van der Waals surface area contributed by atoms with Crippen molar-refractivity contribution >= 4 is 28.4 Å². The summed E-state index contributed by atoms with van der Waals surface area (Å²) < 4.78 is 0. The number of rotatable bonds is 6. The summed E-state index contributed by atoms with van der Waals surface area (Å²) in [6, 6.07) is 38.0. The molecule has 0 saturated carbocycles. The molecular weight excluding hydrogens is 478 g/mol. The molecule has 0 saturated heterocycles. The van der Waals surface area contributed by atoms with Gasteiger partial charge in [-0.3, -0.25) is 0 Å². The summed E-state index contributed by atoms with van der Waals surface area (Å²) in [4.78, 5) is 0. The number of nitrogen functional groups attached to an aromatic ring is 5. The van der Waals surface area contributed by atoms with E-state index in [1.54, 1.807) is 0 Å². The van der Waals surface area contributed by atoms with Gasteiger partial charge in [-0.05, 0) is 107 Å². The molecule has 200 valence electrons. The monoisotopic (exact) mass is 517 g/mol. The summed E-state index contributed by atoms with van der Waals surface area (Å²) in [6.45, 7) is 0. The molecule has 0 atom stereocenters. The Bertz CT molecular complexity index is 1400. The van der Waals surface area contributed by atoms with E-state index in [4.69, 9.17) is 28.7 Å². The van der Waals surface area contributed by atoms with Gasteiger partial charge in [-0.1, -0.05) is 68.1 Å². The second kappa shape index (κ2) is 13.6. The zero-order chi connectivity index (χ0) is 26.9. The second-order valence-electron chi connectivity index (χ2n) is 9.53. The lowest BCUT2D eigenvalue weighted by Gasteiger charge is -2.10. The van der Waals surface area contributed by atoms with E-state index >= 15 is 0 Å². The van der Waals surface area contributed by atoms with Crippen LogP contribution in [0.15, 0.2) is 115 Å². The molecule has 0 radical (unpaired) electrons. The SMILES string of the molecule is C.Nc1ccc(Cc2ccc(N)c(Cc3ccc(N)cc3)c2)cc1.Nc1ccc(Cc2ccc(N)cc2)cc1. The van der Waals surface area contributed by atoms with Crippen LogP contribution in [0.5, 0.6) is 0 Å². The first kappa shape index (κ1) is 28.7. The first-order valence-corrected chi connectivity index (χ1v) is 12.6. The van der Waals surface area contributed by atoms with E-state index in [-0.39, 0.29) is 7.43 Å². The maximum atomic E-state index is 6.14. The van der Waals surface area contributed by atoms with Crippen molar-refractivity contribution in [1.29, 1.82) is 0 Å². The van der Waals surface area contributed by atoms with Crippen molar-refractivity contribution in [1.82, 2.24) is 0 Å². The molecule has 5 aromatic rings. The third-order valence-electron chi connectivity index (χ3n) is 6.34. The summed E-state index contributed by atoms with van der Waals surface area (Å²) in [5, 5.41) is 0. The fourth-order valence-electron chi connectivity index (χ4n) is 4.16. The van der Waals surface area contributed by atoms with Crippen LogP contribution in [-0.2, 0) is 19.3 Å². The molecule has 5 aromatic carbocycles. The van der Waals surface area contributed by atoms with E-state index in [0.717, 1.165) is 53.3 Å². The average Bonchev–Trinajstić information content (AvgIpc) is 2.92. The Morgan fingerprint density at radius 1 is 0.333 bits per heavy atom. The minimum Gasteiger partial charge on any atom is -0.399 e. The van der Waals surface area contributed by atoms with E-state index in [1.165, 1.54) is 27.8 Å². The smallest absolute Gasteiger partial charge is 0.0350 e. The topological polar surface area (TPSA) is 130 Å². The van der Waals surface area contributed by atoms with Gasteiger partial charge in [0.1, 0.15) is 0 Å². The highest BCUT2D eigenvalue weighted by atomic mass is 14.6. The Morgan fingerprint density at radius 2 is 0.615 bits per heavy atom. The first-order valence-electron chi connectivity index (χ1n) is 12.6. The Kier molecular flexibility index (Phi) is 9.99. The minimum absolute atomic E-state index is 0. The molecule has 0 aromatic heterocycles. The lowest BCUT2D eigenvalue weighted by molar-refractivity contribution is 1.14. The summed E-state index contributed by atoms with van der Waals surface area (Å²) in [5.41, 5.74) is 40.2. The van der Waals surface area contributed by atoms with Crippen LogP contribution >= 0.6 is 0 Å². The van der Waals surface area contributed by atoms with E-state index in [2.05, 4.69) is 24.3 Å². The number of nitrogens with two attached hydrogens (primary N) is 5. The fraction of sp³-hybridized carbons (Fsp3) is 0.118. The third-order valence-corrected chi connectivity index (χ3v) is 6.34. The summed E-state index contributed by atoms with van der Waals surface area (Å²) in [5.74, 6) is 0. The molecule has 39 heavy (non-hydrogen) atoms. The molecule has 0 spiro atoms. The normalized spacial score (nSPS) is 10.2. The lowest BCUT2D eigenvalue weighted by atomic mass is 9.97. The van der Waals surface area contributed by atoms with Crippen molar-refractivity contribution in [3.05, 3.63) is 149 Å². The number of benzene rings is 5. The van der Waals surface area contributed by atoms with Gasteiger partial charge in [0, 0.05) is 28.4 Å². The van der Waals surface area contributed by atoms with Crippen molar-refractivity contribution in [3.8, 4) is 0 Å². The third kappa shape index (κ3) is 8.86. The minimum atomic E-state index is 0. The highest BCUT2D eigenvalue weighted by Gasteiger charge is 2.05. The van der Waals surface area contributed by atoms with E-state index in [0.29, 0.717) is 0 Å². The van der Waals surface area contributed by atoms with E-state index in [9.17, 15) is 0 Å². The first-order chi connectivity index (χ1) is 18.3. The van der Waals surface area contributed by atoms with Gasteiger partial charge in [0.25, 0.3) is 0 Å². The van der Waals surface area contributed by atoms with Gasteiger partial charge in [-0.2, -0.15) is 0 Å². The van der Waals surface area contributed by atoms with Crippen LogP contribution in [0.3, 0.4) is 0 Å². The molecule has 0 fully saturated rings. The molecule has 0 aliphatic rings. The summed E-state index contributed by atoms with van der Waals surface area (Å²) in [7, 11) is 0. The van der Waals surface area contributed by atoms with Gasteiger partial charge in [-0.15, -0.1) is 0 Å². The van der Waals surface area contributed by atoms with Crippen LogP contribution in [0.2, 0.25) is 0 Å². The van der Waals surface area contributed by atoms with Crippen molar-refractivity contribution in [2.45, 2.75) is 26.7 Å². The Balaban J connectivity index is 0.000000228. The maximum absolute atomic E-state index is 6.14. The quantitative estimate of drug-likeness (QED) is 0.160. The predicted octanol–water partition coefficient (Wildman–Crippen LogP) is 6.69. The van der Waals surface area contributed by atoms with Crippen LogP contribution in [0, 0.1) is 0 Å². The number of hydrogen-bond donors (Lipinski definition) is 5. The van der Waals surface area contributed by atoms with Gasteiger partial charge >= 0.3 is 0 Å². The zero-order valence-electron chi connectivity index (χ0n) is 21.5. The molecule has 10 N–H and O–H groups in total. The summed E-state index contributed by atoms with van der Waals surface area (Å²) in [6.07, 6.45) is 2.59. The van der Waals surface area contributed by atoms with Crippen molar-refractivity contribution < 1.29 is 0 Å². The van der Waals surface area contributed by atoms with Crippen molar-refractivity contribution in [3.63, 3.8) is 0 Å². The van der Waals surface area contributed by atoms with Gasteiger partial charge in [0.15, 0.2) is 0 Å². The molecule has 0 unspecified atom stereocenters. The zero-order valence-corrected chi connectivity index (χ0v) is 21.5. The van der Waals surface area contributed by atoms with E-state index in [1.807, 2.05) is 91.0 Å². The molecule has 0 aliphatic heterocycles. The number of anilines is 5. The van der Waals surface area contributed by atoms with Crippen LogP contribution in [0.25, 0.3) is 0 Å². The van der Waals surface area contributed by atoms with Crippen LogP contribution in [0.4, 0.5) is 28.4 Å². The van der Waals surface area contributed by atoms with Crippen LogP contribution in [0.1, 0.15) is 40.8 Å². The van der Waals surface area contributed by atoms with Crippen LogP contribution < -0.4 is 28.7 Å². The molecule has 5 rings (SSSR count). The van der Waals surface area contributed by atoms with Gasteiger partial charge in [-0.25, -0.2) is 0 Å². The molecule has 5 nitrogen and oxygen atoms in total. The standard InChI is InChI=1S/C20H21N3.C13H14N2.CH4/c21-18-6-1-14(2-7-18)11-16-5-10-20(23)17(13-16)12-15-3-8-19(22)9-4-15;14-12-5-1-10(2-6-12)9-11-3-7-13(15)8-4-11;/h1-10,13H,11-12,21-23H2;1-8H,9,14-15H2;1H4. The summed E-state index contributed by atoms with van der Waals surface area (Å²) >= 11 is 0. The van der Waals surface area contributed by atoms with Gasteiger partial charge in [0.05, 0.1) is 0 Å². The van der Waals surface area contributed by atoms with Gasteiger partial charge < -0.3 is 28.7 Å². The molecule has 5 heteroatoms. The Labute approximate surface area is 232 Å². The van der Waals surface area contributed by atoms with Gasteiger partial charge in [0.2, 0.25) is 0 Å². The number of hydrogen-bond acceptors (Lipinski definition) is 5. The Morgan fingerprint density at radius 3 is 0.974 bits per heavy atom. The molecular formula is C34H39N5. The largest absolute Gasteiger partial charge is 0.399 e. The fourth-order valence-corrected chi connectivity index (χ4v) is 4.16. The lowest BCUT2D eigenvalue weighted by Crippen LogP contribution is -1.99. The average molecular weight is 518 g/mol. The Hall–Kier alpha value is -4.90. The molecule has 0 aliphatic carbocycles. The van der Waals surface area contributed by atoms with E-state index < -0.39 is 0 Å². The van der Waals surface area contributed by atoms with Crippen molar-refractivity contribution in [2.24, 2.45) is 0 Å². The molecule has 0 heterocycles. The predicted molar refractivity (Wildman–Crippen MR) is 169 cm³/mol. The molecule has 0 bridgehead atoms. The highest BCUT2D eigenvalue weighted by Crippen LogP contribution is 2.21. The van der Waals surface area contributed by atoms with Crippen molar-refractivity contribution in [2.75, 3.05) is 28.7 Å². The maximum Gasteiger partial charge on any atom is 0.0350 e. The van der Waals surface area contributed by atoms with Crippen LogP contribution in [-0.4, -0.2) is 0 Å². The highest BCUT2D eigenvalue weighted by molar-refractivity contribution is 5.52.